The maximum Gasteiger partial charge on any atom is 0.307 e. The average molecular weight is 238 g/mol. The van der Waals surface area contributed by atoms with Crippen molar-refractivity contribution in [3.8, 4) is 11.8 Å². The highest BCUT2D eigenvalue weighted by Crippen LogP contribution is 2.25. The lowest BCUT2D eigenvalue weighted by Crippen LogP contribution is -1.92. The molecule has 0 aliphatic heterocycles. The molecule has 1 heterocycles. The van der Waals surface area contributed by atoms with Gasteiger partial charge in [0.2, 0.25) is 0 Å². The molecule has 0 bridgehead atoms. The van der Waals surface area contributed by atoms with Crippen LogP contribution in [0.25, 0.3) is 10.4 Å². The van der Waals surface area contributed by atoms with Crippen LogP contribution in [0.15, 0.2) is 17.5 Å². The minimum absolute atomic E-state index is 0.0322. The molecule has 0 radical (unpaired) electrons. The molecule has 0 atom stereocenters. The third kappa shape index (κ3) is 2.85. The van der Waals surface area contributed by atoms with E-state index in [0.717, 1.165) is 6.20 Å². The maximum absolute atomic E-state index is 10.5. The molecule has 0 saturated heterocycles. The second-order valence-corrected chi connectivity index (χ2v) is 2.85. The first-order chi connectivity index (χ1) is 7.66. The van der Waals surface area contributed by atoms with Crippen LogP contribution in [-0.4, -0.2) is 16.5 Å². The van der Waals surface area contributed by atoms with Gasteiger partial charge in [-0.15, -0.1) is 0 Å². The molecule has 16 heavy (non-hydrogen) atoms. The molecular formula is C8H4ClN5O2. The van der Waals surface area contributed by atoms with E-state index in [1.807, 2.05) is 0 Å². The number of azide groups is 1. The van der Waals surface area contributed by atoms with Crippen molar-refractivity contribution >= 4 is 17.3 Å². The second-order valence-electron chi connectivity index (χ2n) is 2.47. The smallest absolute Gasteiger partial charge is 0.258 e. The first-order valence-electron chi connectivity index (χ1n) is 3.94. The predicted molar refractivity (Wildman–Crippen MR) is 56.8 cm³/mol. The van der Waals surface area contributed by atoms with E-state index >= 15 is 0 Å². The number of hydrogen-bond donors (Lipinski definition) is 0. The lowest BCUT2D eigenvalue weighted by atomic mass is 10.2. The van der Waals surface area contributed by atoms with Crippen molar-refractivity contribution in [2.45, 2.75) is 0 Å². The maximum atomic E-state index is 10.5. The van der Waals surface area contributed by atoms with Crippen LogP contribution in [0.5, 0.6) is 0 Å². The molecule has 0 saturated carbocycles. The molecule has 80 valence electrons. The Labute approximate surface area is 94.8 Å². The highest BCUT2D eigenvalue weighted by molar-refractivity contribution is 6.33. The van der Waals surface area contributed by atoms with Crippen molar-refractivity contribution in [3.05, 3.63) is 43.5 Å². The molecule has 8 heteroatoms. The fourth-order valence-corrected chi connectivity index (χ4v) is 1.06. The summed E-state index contributed by atoms with van der Waals surface area (Å²) >= 11 is 5.73. The average Bonchev–Trinajstić information content (AvgIpc) is 2.26. The largest absolute Gasteiger partial charge is 0.307 e. The van der Waals surface area contributed by atoms with Crippen molar-refractivity contribution in [2.75, 3.05) is 6.54 Å². The normalized spacial score (nSPS) is 8.56. The fourth-order valence-electron chi connectivity index (χ4n) is 0.850. The van der Waals surface area contributed by atoms with E-state index in [0.29, 0.717) is 0 Å². The van der Waals surface area contributed by atoms with Crippen LogP contribution in [0, 0.1) is 22.0 Å². The van der Waals surface area contributed by atoms with Crippen LogP contribution in [0.4, 0.5) is 5.69 Å². The number of pyridine rings is 1. The zero-order chi connectivity index (χ0) is 12.0. The van der Waals surface area contributed by atoms with Crippen LogP contribution in [0.3, 0.4) is 0 Å². The van der Waals surface area contributed by atoms with E-state index in [1.165, 1.54) is 6.20 Å². The molecule has 1 rings (SSSR count). The Balaban J connectivity index is 3.04. The first-order valence-corrected chi connectivity index (χ1v) is 4.32. The zero-order valence-corrected chi connectivity index (χ0v) is 8.55. The summed E-state index contributed by atoms with van der Waals surface area (Å²) in [6.45, 7) is -0.0322. The van der Waals surface area contributed by atoms with E-state index < -0.39 is 4.92 Å². The molecule has 7 nitrogen and oxygen atoms in total. The molecule has 0 unspecified atom stereocenters. The predicted octanol–water partition coefficient (Wildman–Crippen LogP) is 2.31. The molecule has 0 N–H and O–H groups in total. The monoisotopic (exact) mass is 237 g/mol. The van der Waals surface area contributed by atoms with E-state index in [9.17, 15) is 10.1 Å². The Morgan fingerprint density at radius 3 is 3.06 bits per heavy atom. The quantitative estimate of drug-likeness (QED) is 0.197. The third-order valence-electron chi connectivity index (χ3n) is 1.49. The summed E-state index contributed by atoms with van der Waals surface area (Å²) in [5.74, 6) is 5.02. The van der Waals surface area contributed by atoms with Crippen LogP contribution in [0.2, 0.25) is 5.02 Å². The zero-order valence-electron chi connectivity index (χ0n) is 7.79. The SMILES string of the molecule is [N-]=[N+]=NCC#Cc1cncc([N+](=O)[O-])c1Cl. The standard InChI is InChI=1S/C8H4ClN5O2/c9-8-6(2-1-3-12-13-10)4-11-5-7(8)14(15)16/h4-5H,3H2. The molecule has 0 aliphatic rings. The topological polar surface area (TPSA) is 105 Å². The fraction of sp³-hybridized carbons (Fsp3) is 0.125. The van der Waals surface area contributed by atoms with Gasteiger partial charge in [-0.2, -0.15) is 0 Å². The van der Waals surface area contributed by atoms with E-state index in [4.69, 9.17) is 17.1 Å². The number of hydrogen-bond acceptors (Lipinski definition) is 4. The summed E-state index contributed by atoms with van der Waals surface area (Å²) in [4.78, 5) is 16.0. The number of rotatable bonds is 2. The Kier molecular flexibility index (Phi) is 4.09. The molecular weight excluding hydrogens is 234 g/mol. The highest BCUT2D eigenvalue weighted by atomic mass is 35.5. The van der Waals surface area contributed by atoms with Crippen molar-refractivity contribution in [2.24, 2.45) is 5.11 Å². The number of halogens is 1. The lowest BCUT2D eigenvalue weighted by molar-refractivity contribution is -0.385. The Morgan fingerprint density at radius 1 is 1.69 bits per heavy atom. The van der Waals surface area contributed by atoms with Crippen molar-refractivity contribution in [1.29, 1.82) is 0 Å². The first kappa shape index (κ1) is 11.8. The van der Waals surface area contributed by atoms with E-state index in [-0.39, 0.29) is 22.8 Å². The van der Waals surface area contributed by atoms with Gasteiger partial charge in [0.05, 0.1) is 17.0 Å². The number of nitrogens with zero attached hydrogens (tertiary/aromatic N) is 5. The molecule has 0 amide bonds. The highest BCUT2D eigenvalue weighted by Gasteiger charge is 2.14. The van der Waals surface area contributed by atoms with Crippen LogP contribution in [-0.2, 0) is 0 Å². The van der Waals surface area contributed by atoms with Crippen LogP contribution < -0.4 is 0 Å². The number of nitro groups is 1. The summed E-state index contributed by atoms with van der Waals surface area (Å²) in [6, 6.07) is 0. The van der Waals surface area contributed by atoms with E-state index in [2.05, 4.69) is 26.9 Å². The van der Waals surface area contributed by atoms with Gasteiger partial charge in [-0.3, -0.25) is 15.1 Å². The summed E-state index contributed by atoms with van der Waals surface area (Å²) in [6.07, 6.45) is 2.35. The van der Waals surface area contributed by atoms with E-state index in [1.54, 1.807) is 0 Å². The summed E-state index contributed by atoms with van der Waals surface area (Å²) in [5.41, 5.74) is 7.92. The molecule has 0 fully saturated rings. The minimum Gasteiger partial charge on any atom is -0.258 e. The Bertz CT molecular complexity index is 527. The molecule has 0 aliphatic carbocycles. The van der Waals surface area contributed by atoms with Gasteiger partial charge in [-0.05, 0) is 5.53 Å². The Morgan fingerprint density at radius 2 is 2.44 bits per heavy atom. The van der Waals surface area contributed by atoms with Crippen molar-refractivity contribution in [1.82, 2.24) is 4.98 Å². The van der Waals surface area contributed by atoms with Gasteiger partial charge in [0.25, 0.3) is 0 Å². The lowest BCUT2D eigenvalue weighted by Gasteiger charge is -1.95. The van der Waals surface area contributed by atoms with Gasteiger partial charge in [-0.25, -0.2) is 0 Å². The van der Waals surface area contributed by atoms with Gasteiger partial charge in [-0.1, -0.05) is 28.6 Å². The van der Waals surface area contributed by atoms with Gasteiger partial charge < -0.3 is 0 Å². The van der Waals surface area contributed by atoms with Crippen molar-refractivity contribution in [3.63, 3.8) is 0 Å². The van der Waals surface area contributed by atoms with Crippen LogP contribution in [0.1, 0.15) is 5.56 Å². The summed E-state index contributed by atoms with van der Waals surface area (Å²) in [5, 5.41) is 13.6. The molecule has 1 aromatic rings. The van der Waals surface area contributed by atoms with Gasteiger partial charge in [0.15, 0.2) is 0 Å². The van der Waals surface area contributed by atoms with Gasteiger partial charge in [0.1, 0.15) is 11.2 Å². The third-order valence-corrected chi connectivity index (χ3v) is 1.89. The minimum atomic E-state index is -0.645. The summed E-state index contributed by atoms with van der Waals surface area (Å²) < 4.78 is 0. The van der Waals surface area contributed by atoms with Crippen molar-refractivity contribution < 1.29 is 4.92 Å². The molecule has 0 aromatic carbocycles. The molecule has 0 spiro atoms. The molecule has 1 aromatic heterocycles. The number of aromatic nitrogens is 1. The summed E-state index contributed by atoms with van der Waals surface area (Å²) in [7, 11) is 0. The Hall–Kier alpha value is -2.29. The van der Waals surface area contributed by atoms with Gasteiger partial charge >= 0.3 is 5.69 Å². The van der Waals surface area contributed by atoms with Gasteiger partial charge in [0, 0.05) is 11.1 Å². The second kappa shape index (κ2) is 5.56. The van der Waals surface area contributed by atoms with Crippen LogP contribution >= 0.6 is 11.6 Å².